The molecular formula is C14H23N5O2. The van der Waals surface area contributed by atoms with Gasteiger partial charge in [0, 0.05) is 12.6 Å². The van der Waals surface area contributed by atoms with Crippen LogP contribution >= 0.6 is 0 Å². The van der Waals surface area contributed by atoms with E-state index >= 15 is 0 Å². The molecule has 116 valence electrons. The molecule has 0 aliphatic heterocycles. The standard InChI is InChI=1S/C14H23N5O2/c1-6-7-15-12-16-8-9(19(20)21)10(18-12)17-11-13(2,3)14(11,4)5/h8,11H,6-7H2,1-5H3,(H2,15,16,17,18). The van der Waals surface area contributed by atoms with E-state index in [0.717, 1.165) is 13.0 Å². The molecule has 1 fully saturated rings. The summed E-state index contributed by atoms with van der Waals surface area (Å²) in [6.45, 7) is 11.4. The Hall–Kier alpha value is -1.92. The number of aromatic nitrogens is 2. The molecule has 21 heavy (non-hydrogen) atoms. The van der Waals surface area contributed by atoms with Crippen LogP contribution < -0.4 is 10.6 Å². The Balaban J connectivity index is 2.26. The topological polar surface area (TPSA) is 93.0 Å². The third kappa shape index (κ3) is 2.64. The Kier molecular flexibility index (Phi) is 3.78. The van der Waals surface area contributed by atoms with Gasteiger partial charge in [-0.05, 0) is 17.3 Å². The zero-order chi connectivity index (χ0) is 15.8. The fraction of sp³-hybridized carbons (Fsp3) is 0.714. The lowest BCUT2D eigenvalue weighted by Gasteiger charge is -2.10. The normalized spacial score (nSPS) is 19.1. The molecule has 0 spiro atoms. The average molecular weight is 293 g/mol. The molecule has 0 bridgehead atoms. The molecule has 0 aromatic carbocycles. The zero-order valence-corrected chi connectivity index (χ0v) is 13.2. The van der Waals surface area contributed by atoms with Crippen molar-refractivity contribution >= 4 is 17.5 Å². The molecule has 1 aliphatic rings. The Morgan fingerprint density at radius 2 is 1.95 bits per heavy atom. The van der Waals surface area contributed by atoms with E-state index in [-0.39, 0.29) is 28.4 Å². The lowest BCUT2D eigenvalue weighted by atomic mass is 10.0. The van der Waals surface area contributed by atoms with E-state index in [1.165, 1.54) is 6.20 Å². The van der Waals surface area contributed by atoms with Crippen LogP contribution in [0.2, 0.25) is 0 Å². The highest BCUT2D eigenvalue weighted by molar-refractivity contribution is 5.59. The summed E-state index contributed by atoms with van der Waals surface area (Å²) in [7, 11) is 0. The van der Waals surface area contributed by atoms with E-state index < -0.39 is 4.92 Å². The smallest absolute Gasteiger partial charge is 0.329 e. The van der Waals surface area contributed by atoms with Gasteiger partial charge in [-0.3, -0.25) is 10.1 Å². The van der Waals surface area contributed by atoms with Crippen LogP contribution in [0, 0.1) is 20.9 Å². The van der Waals surface area contributed by atoms with E-state index in [0.29, 0.717) is 5.95 Å². The summed E-state index contributed by atoms with van der Waals surface area (Å²) in [6, 6.07) is 0.151. The van der Waals surface area contributed by atoms with Crippen molar-refractivity contribution in [2.75, 3.05) is 17.2 Å². The molecule has 0 amide bonds. The van der Waals surface area contributed by atoms with Crippen molar-refractivity contribution in [2.24, 2.45) is 10.8 Å². The molecule has 1 saturated carbocycles. The van der Waals surface area contributed by atoms with Crippen molar-refractivity contribution in [3.8, 4) is 0 Å². The van der Waals surface area contributed by atoms with Crippen LogP contribution in [0.5, 0.6) is 0 Å². The quantitative estimate of drug-likeness (QED) is 0.618. The van der Waals surface area contributed by atoms with Crippen LogP contribution in [-0.2, 0) is 0 Å². The number of hydrogen-bond donors (Lipinski definition) is 2. The summed E-state index contributed by atoms with van der Waals surface area (Å²) < 4.78 is 0. The van der Waals surface area contributed by atoms with Crippen LogP contribution in [-0.4, -0.2) is 27.5 Å². The van der Waals surface area contributed by atoms with Crippen molar-refractivity contribution in [3.05, 3.63) is 16.3 Å². The molecule has 1 aromatic heterocycles. The fourth-order valence-electron chi connectivity index (χ4n) is 2.63. The van der Waals surface area contributed by atoms with E-state index in [1.807, 2.05) is 6.92 Å². The van der Waals surface area contributed by atoms with Crippen molar-refractivity contribution in [1.29, 1.82) is 0 Å². The van der Waals surface area contributed by atoms with Crippen molar-refractivity contribution in [1.82, 2.24) is 9.97 Å². The predicted octanol–water partition coefficient (Wildman–Crippen LogP) is 3.05. The molecule has 2 N–H and O–H groups in total. The maximum atomic E-state index is 11.1. The van der Waals surface area contributed by atoms with Crippen LogP contribution in [0.4, 0.5) is 17.5 Å². The first-order chi connectivity index (χ1) is 9.71. The number of rotatable bonds is 6. The van der Waals surface area contributed by atoms with E-state index in [9.17, 15) is 10.1 Å². The Morgan fingerprint density at radius 1 is 1.33 bits per heavy atom. The molecule has 2 rings (SSSR count). The second-order valence-electron chi connectivity index (χ2n) is 6.63. The lowest BCUT2D eigenvalue weighted by molar-refractivity contribution is -0.384. The Labute approximate surface area is 124 Å². The van der Waals surface area contributed by atoms with Gasteiger partial charge in [0.05, 0.1) is 4.92 Å². The molecular weight excluding hydrogens is 270 g/mol. The fourth-order valence-corrected chi connectivity index (χ4v) is 2.63. The molecule has 0 radical (unpaired) electrons. The molecule has 1 heterocycles. The van der Waals surface area contributed by atoms with Gasteiger partial charge in [-0.2, -0.15) is 4.98 Å². The summed E-state index contributed by atoms with van der Waals surface area (Å²) in [5, 5.41) is 17.4. The number of nitro groups is 1. The maximum absolute atomic E-state index is 11.1. The average Bonchev–Trinajstić information content (AvgIpc) is 2.78. The third-order valence-corrected chi connectivity index (χ3v) is 4.80. The highest BCUT2D eigenvalue weighted by Crippen LogP contribution is 2.63. The summed E-state index contributed by atoms with van der Waals surface area (Å²) >= 11 is 0. The van der Waals surface area contributed by atoms with Gasteiger partial charge in [-0.25, -0.2) is 4.98 Å². The molecule has 0 unspecified atom stereocenters. The highest BCUT2D eigenvalue weighted by Gasteiger charge is 2.65. The molecule has 0 saturated heterocycles. The van der Waals surface area contributed by atoms with E-state index in [4.69, 9.17) is 0 Å². The molecule has 7 heteroatoms. The molecule has 7 nitrogen and oxygen atoms in total. The largest absolute Gasteiger partial charge is 0.360 e. The van der Waals surface area contributed by atoms with Crippen LogP contribution in [0.25, 0.3) is 0 Å². The van der Waals surface area contributed by atoms with E-state index in [1.54, 1.807) is 0 Å². The molecule has 1 aromatic rings. The summed E-state index contributed by atoms with van der Waals surface area (Å²) in [5.74, 6) is 0.707. The number of nitrogens with zero attached hydrogens (tertiary/aromatic N) is 3. The first-order valence-electron chi connectivity index (χ1n) is 7.23. The van der Waals surface area contributed by atoms with Crippen LogP contribution in [0.3, 0.4) is 0 Å². The Morgan fingerprint density at radius 3 is 2.43 bits per heavy atom. The van der Waals surface area contributed by atoms with Gasteiger partial charge in [-0.1, -0.05) is 34.6 Å². The SMILES string of the molecule is CCCNc1ncc([N+](=O)[O-])c(NC2C(C)(C)C2(C)C)n1. The van der Waals surface area contributed by atoms with Gasteiger partial charge in [0.1, 0.15) is 6.20 Å². The van der Waals surface area contributed by atoms with Crippen LogP contribution in [0.15, 0.2) is 6.20 Å². The Bertz CT molecular complexity index is 542. The number of anilines is 2. The number of hydrogen-bond acceptors (Lipinski definition) is 6. The van der Waals surface area contributed by atoms with E-state index in [2.05, 4.69) is 48.3 Å². The summed E-state index contributed by atoms with van der Waals surface area (Å²) in [6.07, 6.45) is 2.20. The minimum atomic E-state index is -0.450. The maximum Gasteiger partial charge on any atom is 0.329 e. The molecule has 1 aliphatic carbocycles. The summed E-state index contributed by atoms with van der Waals surface area (Å²) in [5.41, 5.74) is 0.0570. The van der Waals surface area contributed by atoms with Gasteiger partial charge >= 0.3 is 5.69 Å². The van der Waals surface area contributed by atoms with Gasteiger partial charge in [-0.15, -0.1) is 0 Å². The second kappa shape index (κ2) is 5.13. The van der Waals surface area contributed by atoms with Crippen molar-refractivity contribution in [3.63, 3.8) is 0 Å². The summed E-state index contributed by atoms with van der Waals surface area (Å²) in [4.78, 5) is 18.9. The minimum absolute atomic E-state index is 0.0723. The van der Waals surface area contributed by atoms with Gasteiger partial charge in [0.15, 0.2) is 0 Å². The van der Waals surface area contributed by atoms with Gasteiger partial charge in [0.2, 0.25) is 11.8 Å². The first-order valence-corrected chi connectivity index (χ1v) is 7.23. The van der Waals surface area contributed by atoms with Gasteiger partial charge < -0.3 is 10.6 Å². The molecule has 0 atom stereocenters. The van der Waals surface area contributed by atoms with Gasteiger partial charge in [0.25, 0.3) is 0 Å². The van der Waals surface area contributed by atoms with Crippen molar-refractivity contribution < 1.29 is 4.92 Å². The first kappa shape index (κ1) is 15.5. The third-order valence-electron chi connectivity index (χ3n) is 4.80. The zero-order valence-electron chi connectivity index (χ0n) is 13.2. The van der Waals surface area contributed by atoms with Crippen LogP contribution in [0.1, 0.15) is 41.0 Å². The highest BCUT2D eigenvalue weighted by atomic mass is 16.6. The number of nitrogens with one attached hydrogen (secondary N) is 2. The lowest BCUT2D eigenvalue weighted by Crippen LogP contribution is -2.15. The predicted molar refractivity (Wildman–Crippen MR) is 82.4 cm³/mol. The minimum Gasteiger partial charge on any atom is -0.360 e. The van der Waals surface area contributed by atoms with Crippen molar-refractivity contribution in [2.45, 2.75) is 47.1 Å². The monoisotopic (exact) mass is 293 g/mol. The second-order valence-corrected chi connectivity index (χ2v) is 6.63.